The second kappa shape index (κ2) is 7.35. The van der Waals surface area contributed by atoms with Gasteiger partial charge in [0.25, 0.3) is 5.91 Å². The molecule has 0 saturated carbocycles. The van der Waals surface area contributed by atoms with E-state index in [1.807, 2.05) is 19.1 Å². The lowest BCUT2D eigenvalue weighted by molar-refractivity contribution is 0.0777. The number of hydrogen-bond acceptors (Lipinski definition) is 4. The van der Waals surface area contributed by atoms with Crippen LogP contribution in [0.4, 0.5) is 0 Å². The van der Waals surface area contributed by atoms with Crippen LogP contribution < -0.4 is 0 Å². The predicted octanol–water partition coefficient (Wildman–Crippen LogP) is 3.79. The number of hydrogen-bond donors (Lipinski definition) is 0. The van der Waals surface area contributed by atoms with Crippen LogP contribution >= 0.6 is 0 Å². The normalized spacial score (nSPS) is 10.6. The van der Waals surface area contributed by atoms with Gasteiger partial charge in [-0.05, 0) is 19.9 Å². The van der Waals surface area contributed by atoms with Crippen LogP contribution in [-0.2, 0) is 6.54 Å². The Labute approximate surface area is 152 Å². The number of nitrogens with zero attached hydrogens (tertiary/aromatic N) is 2. The molecule has 3 rings (SSSR count). The molecular weight excluding hydrogens is 328 g/mol. The summed E-state index contributed by atoms with van der Waals surface area (Å²) in [5.41, 5.74) is 3.07. The highest BCUT2D eigenvalue weighted by atomic mass is 16.5. The van der Waals surface area contributed by atoms with Crippen molar-refractivity contribution < 1.29 is 14.1 Å². The van der Waals surface area contributed by atoms with Crippen molar-refractivity contribution in [2.45, 2.75) is 20.4 Å². The second-order valence-electron chi connectivity index (χ2n) is 6.33. The van der Waals surface area contributed by atoms with Gasteiger partial charge in [-0.2, -0.15) is 0 Å². The largest absolute Gasteiger partial charge is 0.361 e. The minimum atomic E-state index is -0.235. The number of ketones is 1. The number of carbonyl (C=O) groups excluding carboxylic acids is 2. The average Bonchev–Trinajstić information content (AvgIpc) is 3.06. The number of aromatic nitrogens is 1. The SMILES string of the molecule is Cc1ccc(C(=O)c2ccccc2C(=O)N(C)Cc2cc(C)on2)cc1. The number of amides is 1. The second-order valence-corrected chi connectivity index (χ2v) is 6.33. The molecule has 132 valence electrons. The van der Waals surface area contributed by atoms with E-state index in [1.165, 1.54) is 4.90 Å². The van der Waals surface area contributed by atoms with Gasteiger partial charge >= 0.3 is 0 Å². The number of aryl methyl sites for hydroxylation is 2. The van der Waals surface area contributed by atoms with Gasteiger partial charge in [-0.15, -0.1) is 0 Å². The van der Waals surface area contributed by atoms with Crippen LogP contribution in [0.15, 0.2) is 59.1 Å². The van der Waals surface area contributed by atoms with Crippen LogP contribution in [-0.4, -0.2) is 28.8 Å². The van der Waals surface area contributed by atoms with E-state index in [0.717, 1.165) is 5.56 Å². The zero-order valence-corrected chi connectivity index (χ0v) is 15.0. The summed E-state index contributed by atoms with van der Waals surface area (Å²) in [4.78, 5) is 27.3. The van der Waals surface area contributed by atoms with Crippen LogP contribution in [0, 0.1) is 13.8 Å². The van der Waals surface area contributed by atoms with E-state index in [2.05, 4.69) is 5.16 Å². The summed E-state index contributed by atoms with van der Waals surface area (Å²) in [6, 6.07) is 16.0. The van der Waals surface area contributed by atoms with E-state index in [9.17, 15) is 9.59 Å². The lowest BCUT2D eigenvalue weighted by Gasteiger charge is -2.17. The average molecular weight is 348 g/mol. The molecule has 5 heteroatoms. The zero-order chi connectivity index (χ0) is 18.7. The van der Waals surface area contributed by atoms with E-state index in [4.69, 9.17) is 4.52 Å². The fraction of sp³-hybridized carbons (Fsp3) is 0.190. The van der Waals surface area contributed by atoms with Crippen molar-refractivity contribution >= 4 is 11.7 Å². The van der Waals surface area contributed by atoms with Gasteiger partial charge < -0.3 is 9.42 Å². The van der Waals surface area contributed by atoms with Gasteiger partial charge in [-0.3, -0.25) is 9.59 Å². The first-order chi connectivity index (χ1) is 12.5. The molecule has 1 amide bonds. The maximum Gasteiger partial charge on any atom is 0.254 e. The molecule has 0 aliphatic carbocycles. The summed E-state index contributed by atoms with van der Waals surface area (Å²) in [5, 5.41) is 3.91. The number of carbonyl (C=O) groups is 2. The van der Waals surface area contributed by atoms with Gasteiger partial charge in [0.15, 0.2) is 5.78 Å². The van der Waals surface area contributed by atoms with Crippen LogP contribution in [0.5, 0.6) is 0 Å². The first kappa shape index (κ1) is 17.6. The van der Waals surface area contributed by atoms with E-state index in [1.54, 1.807) is 56.4 Å². The molecule has 0 atom stereocenters. The van der Waals surface area contributed by atoms with Crippen LogP contribution in [0.25, 0.3) is 0 Å². The molecule has 3 aromatic rings. The predicted molar refractivity (Wildman–Crippen MR) is 98.1 cm³/mol. The Morgan fingerprint density at radius 1 is 1.00 bits per heavy atom. The van der Waals surface area contributed by atoms with E-state index in [0.29, 0.717) is 34.7 Å². The molecule has 26 heavy (non-hydrogen) atoms. The minimum absolute atomic E-state index is 0.167. The molecule has 0 spiro atoms. The molecule has 0 aliphatic rings. The minimum Gasteiger partial charge on any atom is -0.361 e. The van der Waals surface area contributed by atoms with Crippen molar-refractivity contribution in [3.05, 3.63) is 88.3 Å². The van der Waals surface area contributed by atoms with Gasteiger partial charge in [-0.25, -0.2) is 0 Å². The first-order valence-corrected chi connectivity index (χ1v) is 8.34. The summed E-state index contributed by atoms with van der Waals surface area (Å²) in [6.45, 7) is 4.07. The number of rotatable bonds is 5. The maximum absolute atomic E-state index is 12.9. The Morgan fingerprint density at radius 2 is 1.65 bits per heavy atom. The molecule has 5 nitrogen and oxygen atoms in total. The van der Waals surface area contributed by atoms with Crippen molar-refractivity contribution in [3.63, 3.8) is 0 Å². The highest BCUT2D eigenvalue weighted by Crippen LogP contribution is 2.18. The Hall–Kier alpha value is -3.21. The number of benzene rings is 2. The molecule has 0 saturated heterocycles. The lowest BCUT2D eigenvalue weighted by atomic mass is 9.97. The van der Waals surface area contributed by atoms with Crippen molar-refractivity contribution in [1.29, 1.82) is 0 Å². The van der Waals surface area contributed by atoms with Crippen molar-refractivity contribution in [2.75, 3.05) is 7.05 Å². The molecule has 0 N–H and O–H groups in total. The molecule has 1 heterocycles. The third-order valence-electron chi connectivity index (χ3n) is 4.14. The monoisotopic (exact) mass is 348 g/mol. The fourth-order valence-electron chi connectivity index (χ4n) is 2.74. The standard InChI is InChI=1S/C21H20N2O3/c1-14-8-10-16(11-9-14)20(24)18-6-4-5-7-19(18)21(25)23(3)13-17-12-15(2)26-22-17/h4-12H,13H2,1-3H3. The smallest absolute Gasteiger partial charge is 0.254 e. The van der Waals surface area contributed by atoms with Gasteiger partial charge in [0.1, 0.15) is 11.5 Å². The summed E-state index contributed by atoms with van der Waals surface area (Å²) in [5.74, 6) is 0.289. The van der Waals surface area contributed by atoms with Gasteiger partial charge in [0.2, 0.25) is 0 Å². The molecule has 0 radical (unpaired) electrons. The van der Waals surface area contributed by atoms with Gasteiger partial charge in [0, 0.05) is 24.2 Å². The Kier molecular flexibility index (Phi) is 4.98. The molecule has 2 aromatic carbocycles. The Bertz CT molecular complexity index is 942. The van der Waals surface area contributed by atoms with E-state index in [-0.39, 0.29) is 11.7 Å². The molecule has 1 aromatic heterocycles. The third-order valence-corrected chi connectivity index (χ3v) is 4.14. The van der Waals surface area contributed by atoms with Gasteiger partial charge in [0.05, 0.1) is 12.1 Å². The highest BCUT2D eigenvalue weighted by Gasteiger charge is 2.21. The highest BCUT2D eigenvalue weighted by molar-refractivity contribution is 6.15. The van der Waals surface area contributed by atoms with E-state index >= 15 is 0 Å². The first-order valence-electron chi connectivity index (χ1n) is 8.34. The molecule has 0 fully saturated rings. The summed E-state index contributed by atoms with van der Waals surface area (Å²) in [6.07, 6.45) is 0. The molecule has 0 bridgehead atoms. The Balaban J connectivity index is 1.87. The van der Waals surface area contributed by atoms with Crippen LogP contribution in [0.3, 0.4) is 0 Å². The fourth-order valence-corrected chi connectivity index (χ4v) is 2.74. The van der Waals surface area contributed by atoms with E-state index < -0.39 is 0 Å². The topological polar surface area (TPSA) is 63.4 Å². The van der Waals surface area contributed by atoms with Crippen molar-refractivity contribution in [1.82, 2.24) is 10.1 Å². The van der Waals surface area contributed by atoms with Crippen molar-refractivity contribution in [3.8, 4) is 0 Å². The maximum atomic E-state index is 12.9. The lowest BCUT2D eigenvalue weighted by Crippen LogP contribution is -2.28. The Morgan fingerprint density at radius 3 is 2.27 bits per heavy atom. The molecule has 0 unspecified atom stereocenters. The summed E-state index contributed by atoms with van der Waals surface area (Å²) in [7, 11) is 1.68. The quantitative estimate of drug-likeness (QED) is 0.658. The van der Waals surface area contributed by atoms with Crippen LogP contribution in [0.1, 0.15) is 43.3 Å². The summed E-state index contributed by atoms with van der Waals surface area (Å²) >= 11 is 0. The summed E-state index contributed by atoms with van der Waals surface area (Å²) < 4.78 is 5.04. The van der Waals surface area contributed by atoms with Gasteiger partial charge in [-0.1, -0.05) is 53.2 Å². The third kappa shape index (κ3) is 3.72. The van der Waals surface area contributed by atoms with Crippen molar-refractivity contribution in [2.24, 2.45) is 0 Å². The zero-order valence-electron chi connectivity index (χ0n) is 15.0. The van der Waals surface area contributed by atoms with Crippen LogP contribution in [0.2, 0.25) is 0 Å². The molecular formula is C21H20N2O3. The molecule has 0 aliphatic heterocycles.